The fourth-order valence-corrected chi connectivity index (χ4v) is 0.345. The molecule has 0 unspecified atom stereocenters. The van der Waals surface area contributed by atoms with Crippen molar-refractivity contribution in [1.82, 2.24) is 0 Å². The minimum atomic E-state index is -3.18. The summed E-state index contributed by atoms with van der Waals surface area (Å²) in [6, 6.07) is 0. The first-order valence-electron chi connectivity index (χ1n) is 1.22. The molecule has 0 amide bonds. The summed E-state index contributed by atoms with van der Waals surface area (Å²) in [6.45, 7) is 0. The van der Waals surface area contributed by atoms with Crippen LogP contribution in [-0.2, 0) is 10.9 Å². The molecule has 0 aliphatic heterocycles. The number of carbonyl (C=O) groups is 1. The van der Waals surface area contributed by atoms with E-state index in [4.69, 9.17) is 0 Å². The van der Waals surface area contributed by atoms with Crippen molar-refractivity contribution in [2.45, 2.75) is 0 Å². The lowest BCUT2D eigenvalue weighted by Crippen LogP contribution is -1.67. The molecule has 0 heterocycles. The van der Waals surface area contributed by atoms with Gasteiger partial charge in [0, 0.05) is 0 Å². The number of halogens is 1. The molecule has 0 aliphatic rings. The van der Waals surface area contributed by atoms with E-state index in [-0.39, 0.29) is 4.43 Å². The molecule has 0 atom stereocenters. The average molecular weight is 202 g/mol. The van der Waals surface area contributed by atoms with Crippen molar-refractivity contribution >= 4 is 26.1 Å². The molecule has 0 aromatic carbocycles. The Morgan fingerprint density at radius 2 is 2.00 bits per heavy atom. The second-order valence-corrected chi connectivity index (χ2v) is 3.09. The van der Waals surface area contributed by atoms with E-state index in [9.17, 15) is 10.9 Å². The highest BCUT2D eigenvalue weighted by molar-refractivity contribution is 14.2. The minimum Gasteiger partial charge on any atom is -0.302 e. The van der Waals surface area contributed by atoms with Gasteiger partial charge in [-0.15, -0.1) is 0 Å². The Balaban J connectivity index is 3.32. The van der Waals surface area contributed by atoms with E-state index < -0.39 is 19.8 Å². The predicted octanol–water partition coefficient (Wildman–Crippen LogP) is 0.383. The van der Waals surface area contributed by atoms with Gasteiger partial charge in [-0.2, -0.15) is 0 Å². The van der Waals surface area contributed by atoms with Crippen LogP contribution in [0, 0.1) is 0 Å². The average Bonchev–Trinajstić information content (AvgIpc) is 1.35. The van der Waals surface area contributed by atoms with Crippen LogP contribution in [0.15, 0.2) is 0 Å². The Bertz CT molecular complexity index is 95.4. The van der Waals surface area contributed by atoms with Crippen LogP contribution in [0.5, 0.6) is 0 Å². The van der Waals surface area contributed by atoms with Crippen molar-refractivity contribution in [1.29, 1.82) is 0 Å². The SMILES string of the molecule is O=CCI(=O)=O. The molecule has 0 bridgehead atoms. The fraction of sp³-hybridized carbons (Fsp3) is 0.500. The molecule has 0 fully saturated rings. The van der Waals surface area contributed by atoms with Crippen molar-refractivity contribution in [2.24, 2.45) is 0 Å². The Hall–Kier alpha value is -0.0000000000000000555. The zero-order chi connectivity index (χ0) is 4.99. The highest BCUT2D eigenvalue weighted by Crippen LogP contribution is 1.97. The molecule has 0 saturated heterocycles. The molecule has 0 radical (unpaired) electrons. The monoisotopic (exact) mass is 202 g/mol. The molecule has 4 heteroatoms. The molecular formula is C2H3IO3. The molecule has 0 aromatic heterocycles. The third kappa shape index (κ3) is 4.00. The van der Waals surface area contributed by atoms with E-state index >= 15 is 0 Å². The van der Waals surface area contributed by atoms with Crippen molar-refractivity contribution < 1.29 is 10.9 Å². The smallest absolute Gasteiger partial charge is 0.302 e. The third-order valence-electron chi connectivity index (χ3n) is 0.189. The molecule has 0 aromatic rings. The van der Waals surface area contributed by atoms with E-state index in [1.165, 1.54) is 0 Å². The summed E-state index contributed by atoms with van der Waals surface area (Å²) in [7, 11) is 0. The van der Waals surface area contributed by atoms with E-state index in [0.717, 1.165) is 0 Å². The van der Waals surface area contributed by atoms with Crippen molar-refractivity contribution in [2.75, 3.05) is 4.43 Å². The van der Waals surface area contributed by atoms with Gasteiger partial charge in [0.15, 0.2) is 0 Å². The van der Waals surface area contributed by atoms with Gasteiger partial charge >= 0.3 is 19.8 Å². The quantitative estimate of drug-likeness (QED) is 0.369. The first-order chi connectivity index (χ1) is 2.77. The van der Waals surface area contributed by atoms with Crippen LogP contribution < -0.4 is 0 Å². The maximum Gasteiger partial charge on any atom is 0.314 e. The molecule has 0 saturated carbocycles. The largest absolute Gasteiger partial charge is 0.314 e. The molecule has 0 aliphatic carbocycles. The number of alkyl halides is 1. The lowest BCUT2D eigenvalue weighted by Gasteiger charge is -1.56. The number of carbonyl (C=O) groups excluding carboxylic acids is 1. The fourth-order valence-electron chi connectivity index (χ4n) is 0.0514. The van der Waals surface area contributed by atoms with Gasteiger partial charge in [-0.1, -0.05) is 0 Å². The number of hydrogen-bond acceptors (Lipinski definition) is 3. The van der Waals surface area contributed by atoms with Gasteiger partial charge in [0.25, 0.3) is 0 Å². The van der Waals surface area contributed by atoms with Crippen LogP contribution in [0.1, 0.15) is 0 Å². The van der Waals surface area contributed by atoms with Crippen LogP contribution in [0.2, 0.25) is 0 Å². The van der Waals surface area contributed by atoms with E-state index in [2.05, 4.69) is 0 Å². The molecule has 0 rings (SSSR count). The van der Waals surface area contributed by atoms with Crippen molar-refractivity contribution in [3.8, 4) is 0 Å². The number of aldehydes is 1. The maximum atomic E-state index is 9.50. The topological polar surface area (TPSA) is 51.2 Å². The normalized spacial score (nSPS) is 8.83. The highest BCUT2D eigenvalue weighted by Gasteiger charge is 1.81. The standard InChI is InChI=1S/C2H3IO3/c4-2-1-3(5)6/h2H,1H2. The lowest BCUT2D eigenvalue weighted by atomic mass is 11.0. The highest BCUT2D eigenvalue weighted by atomic mass is 127. The molecular weight excluding hydrogens is 199 g/mol. The first-order valence-corrected chi connectivity index (χ1v) is 4.51. The van der Waals surface area contributed by atoms with Gasteiger partial charge in [-0.25, -0.2) is 6.14 Å². The summed E-state index contributed by atoms with van der Waals surface area (Å²) in [4.78, 5) is 9.25. The van der Waals surface area contributed by atoms with E-state index in [0.29, 0.717) is 6.29 Å². The van der Waals surface area contributed by atoms with Crippen LogP contribution >= 0.6 is 19.8 Å². The Morgan fingerprint density at radius 1 is 1.50 bits per heavy atom. The van der Waals surface area contributed by atoms with Crippen molar-refractivity contribution in [3.63, 3.8) is 0 Å². The zero-order valence-electron chi connectivity index (χ0n) is 2.89. The lowest BCUT2D eigenvalue weighted by molar-refractivity contribution is -0.105. The van der Waals surface area contributed by atoms with Gasteiger partial charge in [-0.05, 0) is 0 Å². The van der Waals surface area contributed by atoms with Gasteiger partial charge in [0.1, 0.15) is 10.7 Å². The predicted molar refractivity (Wildman–Crippen MR) is 26.3 cm³/mol. The Labute approximate surface area is 41.9 Å². The molecule has 3 nitrogen and oxygen atoms in total. The summed E-state index contributed by atoms with van der Waals surface area (Å²) in [5.41, 5.74) is 0. The third-order valence-corrected chi connectivity index (χ3v) is 1.27. The Morgan fingerprint density at radius 3 is 2.00 bits per heavy atom. The second kappa shape index (κ2) is 3.20. The van der Waals surface area contributed by atoms with Gasteiger partial charge < -0.3 is 4.79 Å². The zero-order valence-corrected chi connectivity index (χ0v) is 5.04. The maximum absolute atomic E-state index is 9.50. The van der Waals surface area contributed by atoms with Crippen LogP contribution in [-0.4, -0.2) is 10.7 Å². The van der Waals surface area contributed by atoms with Gasteiger partial charge in [0.2, 0.25) is 0 Å². The summed E-state index contributed by atoms with van der Waals surface area (Å²) >= 11 is -3.18. The summed E-state index contributed by atoms with van der Waals surface area (Å²) < 4.78 is 18.7. The van der Waals surface area contributed by atoms with Crippen LogP contribution in [0.25, 0.3) is 0 Å². The van der Waals surface area contributed by atoms with Gasteiger partial charge in [-0.3, -0.25) is 0 Å². The van der Waals surface area contributed by atoms with Crippen LogP contribution in [0.3, 0.4) is 0 Å². The van der Waals surface area contributed by atoms with Gasteiger partial charge in [0.05, 0.1) is 0 Å². The summed E-state index contributed by atoms with van der Waals surface area (Å²) in [6.07, 6.45) is 0.394. The molecule has 0 spiro atoms. The van der Waals surface area contributed by atoms with E-state index in [1.54, 1.807) is 0 Å². The summed E-state index contributed by atoms with van der Waals surface area (Å²) in [5.74, 6) is 0. The van der Waals surface area contributed by atoms with Crippen molar-refractivity contribution in [3.05, 3.63) is 0 Å². The molecule has 36 valence electrons. The van der Waals surface area contributed by atoms with Crippen LogP contribution in [0.4, 0.5) is 0 Å². The number of hydrogen-bond donors (Lipinski definition) is 0. The molecule has 0 N–H and O–H groups in total. The first kappa shape index (κ1) is 6.00. The Kier molecular flexibility index (Phi) is 3.20. The number of rotatable bonds is 2. The minimum absolute atomic E-state index is 0.260. The second-order valence-electron chi connectivity index (χ2n) is 0.602. The molecule has 6 heavy (non-hydrogen) atoms. The summed E-state index contributed by atoms with van der Waals surface area (Å²) in [5, 5.41) is 0. The van der Waals surface area contributed by atoms with E-state index in [1.807, 2.05) is 0 Å².